The fourth-order valence-corrected chi connectivity index (χ4v) is 2.55. The zero-order valence-corrected chi connectivity index (χ0v) is 14.4. The van der Waals surface area contributed by atoms with Crippen molar-refractivity contribution in [3.8, 4) is 5.82 Å². The molecule has 0 saturated carbocycles. The summed E-state index contributed by atoms with van der Waals surface area (Å²) in [4.78, 5) is 19.3. The van der Waals surface area contributed by atoms with E-state index in [9.17, 15) is 9.18 Å². The Morgan fingerprint density at radius 1 is 1.22 bits per heavy atom. The van der Waals surface area contributed by atoms with Crippen molar-refractivity contribution in [3.05, 3.63) is 77.8 Å². The molecule has 27 heavy (non-hydrogen) atoms. The second-order valence-corrected chi connectivity index (χ2v) is 5.73. The van der Waals surface area contributed by atoms with E-state index < -0.39 is 11.8 Å². The van der Waals surface area contributed by atoms with E-state index in [1.54, 1.807) is 42.1 Å². The lowest BCUT2D eigenvalue weighted by atomic mass is 10.1. The van der Waals surface area contributed by atoms with Crippen molar-refractivity contribution in [2.45, 2.75) is 0 Å². The quantitative estimate of drug-likeness (QED) is 0.462. The minimum Gasteiger partial charge on any atom is -0.478 e. The van der Waals surface area contributed by atoms with Crippen LogP contribution in [0.1, 0.15) is 21.6 Å². The number of aromatic carboxylic acids is 1. The highest BCUT2D eigenvalue weighted by molar-refractivity contribution is 5.87. The molecule has 0 aliphatic rings. The van der Waals surface area contributed by atoms with Gasteiger partial charge in [-0.2, -0.15) is 0 Å². The van der Waals surface area contributed by atoms with E-state index in [1.165, 1.54) is 29.7 Å². The van der Waals surface area contributed by atoms with Gasteiger partial charge in [0.25, 0.3) is 0 Å². The third-order valence-electron chi connectivity index (χ3n) is 3.86. The molecule has 0 spiro atoms. The highest BCUT2D eigenvalue weighted by atomic mass is 19.1. The minimum atomic E-state index is -1.06. The number of carbonyl (C=O) groups is 1. The van der Waals surface area contributed by atoms with Gasteiger partial charge in [-0.3, -0.25) is 4.57 Å². The first kappa shape index (κ1) is 18.1. The fraction of sp³-hybridized carbons (Fsp3) is 0.0556. The van der Waals surface area contributed by atoms with Crippen molar-refractivity contribution in [3.63, 3.8) is 0 Å². The summed E-state index contributed by atoms with van der Waals surface area (Å²) in [6.45, 7) is 0. The number of hydrogen-bond donors (Lipinski definition) is 3. The zero-order chi connectivity index (χ0) is 19.6. The lowest BCUT2D eigenvalue weighted by Gasteiger charge is -2.18. The van der Waals surface area contributed by atoms with Crippen LogP contribution in [0.25, 0.3) is 17.2 Å². The molecule has 0 bridgehead atoms. The van der Waals surface area contributed by atoms with E-state index in [-0.39, 0.29) is 16.8 Å². The van der Waals surface area contributed by atoms with Crippen molar-refractivity contribution in [1.29, 1.82) is 0 Å². The number of pyridine rings is 1. The van der Waals surface area contributed by atoms with Gasteiger partial charge in [0.15, 0.2) is 0 Å². The van der Waals surface area contributed by atoms with Crippen LogP contribution in [0.5, 0.6) is 0 Å². The maximum Gasteiger partial charge on any atom is 0.337 e. The van der Waals surface area contributed by atoms with Crippen molar-refractivity contribution >= 4 is 17.4 Å². The van der Waals surface area contributed by atoms with Crippen LogP contribution in [-0.4, -0.2) is 37.7 Å². The monoisotopic (exact) mass is 368 g/mol. The highest BCUT2D eigenvalue weighted by Crippen LogP contribution is 2.24. The van der Waals surface area contributed by atoms with Crippen LogP contribution in [0, 0.1) is 5.82 Å². The predicted octanol–water partition coefficient (Wildman–Crippen LogP) is 1.69. The normalized spacial score (nSPS) is 11.8. The predicted molar refractivity (Wildman–Crippen MR) is 97.7 cm³/mol. The van der Waals surface area contributed by atoms with Crippen LogP contribution < -0.4 is 11.6 Å². The molecule has 3 aromatic rings. The van der Waals surface area contributed by atoms with Crippen LogP contribution in [0.2, 0.25) is 0 Å². The summed E-state index contributed by atoms with van der Waals surface area (Å²) in [7, 11) is 1.57. The van der Waals surface area contributed by atoms with Gasteiger partial charge in [0.2, 0.25) is 0 Å². The Bertz CT molecular complexity index is 1010. The molecule has 0 saturated heterocycles. The summed E-state index contributed by atoms with van der Waals surface area (Å²) in [6, 6.07) is 9.08. The number of carboxylic acid groups (broad SMARTS) is 1. The minimum absolute atomic E-state index is 0.0742. The topological polar surface area (TPSA) is 123 Å². The SMILES string of the molecule is CN(N)/C(=C(\N)c1ccccc1F)c1cn(-c2ccc(C(=O)O)cn2)cn1. The second-order valence-electron chi connectivity index (χ2n) is 5.73. The molecule has 8 nitrogen and oxygen atoms in total. The molecule has 0 aliphatic heterocycles. The summed E-state index contributed by atoms with van der Waals surface area (Å²) in [5.41, 5.74) is 7.33. The summed E-state index contributed by atoms with van der Waals surface area (Å²) in [5, 5.41) is 10.2. The largest absolute Gasteiger partial charge is 0.478 e. The number of hydrogen-bond acceptors (Lipinski definition) is 6. The van der Waals surface area contributed by atoms with Crippen LogP contribution in [-0.2, 0) is 0 Å². The highest BCUT2D eigenvalue weighted by Gasteiger charge is 2.17. The van der Waals surface area contributed by atoms with Gasteiger partial charge in [0, 0.05) is 25.0 Å². The van der Waals surface area contributed by atoms with Crippen molar-refractivity contribution < 1.29 is 14.3 Å². The van der Waals surface area contributed by atoms with Gasteiger partial charge >= 0.3 is 5.97 Å². The first-order chi connectivity index (χ1) is 12.9. The zero-order valence-electron chi connectivity index (χ0n) is 14.4. The number of nitrogens with zero attached hydrogens (tertiary/aromatic N) is 4. The maximum atomic E-state index is 14.1. The van der Waals surface area contributed by atoms with Gasteiger partial charge < -0.3 is 15.8 Å². The summed E-state index contributed by atoms with van der Waals surface area (Å²) in [6.07, 6.45) is 4.35. The Labute approximate surface area is 154 Å². The second kappa shape index (κ2) is 7.26. The Balaban J connectivity index is 2.03. The molecule has 5 N–H and O–H groups in total. The van der Waals surface area contributed by atoms with Gasteiger partial charge in [0.1, 0.15) is 29.4 Å². The summed E-state index contributed by atoms with van der Waals surface area (Å²) in [5.74, 6) is 4.83. The average Bonchev–Trinajstić information content (AvgIpc) is 3.11. The molecule has 9 heteroatoms. The number of imidazole rings is 1. The smallest absolute Gasteiger partial charge is 0.337 e. The molecule has 2 aromatic heterocycles. The van der Waals surface area contributed by atoms with Crippen molar-refractivity contribution in [1.82, 2.24) is 19.5 Å². The molecule has 1 aromatic carbocycles. The van der Waals surface area contributed by atoms with Gasteiger partial charge in [-0.1, -0.05) is 12.1 Å². The number of benzene rings is 1. The van der Waals surface area contributed by atoms with E-state index in [0.29, 0.717) is 17.2 Å². The molecular formula is C18H17FN6O2. The van der Waals surface area contributed by atoms with Gasteiger partial charge in [0.05, 0.1) is 11.3 Å². The molecule has 3 rings (SSSR count). The number of hydrazine groups is 1. The van der Waals surface area contributed by atoms with Crippen LogP contribution in [0.3, 0.4) is 0 Å². The number of halogens is 1. The molecule has 0 amide bonds. The Morgan fingerprint density at radius 2 is 1.96 bits per heavy atom. The first-order valence-electron chi connectivity index (χ1n) is 7.85. The van der Waals surface area contributed by atoms with E-state index in [1.807, 2.05) is 0 Å². The Kier molecular flexibility index (Phi) is 4.86. The van der Waals surface area contributed by atoms with Gasteiger partial charge in [-0.15, -0.1) is 0 Å². The molecular weight excluding hydrogens is 351 g/mol. The molecule has 0 fully saturated rings. The van der Waals surface area contributed by atoms with E-state index >= 15 is 0 Å². The molecule has 0 aliphatic carbocycles. The third-order valence-corrected chi connectivity index (χ3v) is 3.86. The number of rotatable bonds is 5. The molecule has 138 valence electrons. The Hall–Kier alpha value is -3.72. The lowest BCUT2D eigenvalue weighted by molar-refractivity contribution is 0.0696. The van der Waals surface area contributed by atoms with Crippen LogP contribution >= 0.6 is 0 Å². The number of aromatic nitrogens is 3. The van der Waals surface area contributed by atoms with E-state index in [0.717, 1.165) is 0 Å². The van der Waals surface area contributed by atoms with Gasteiger partial charge in [-0.25, -0.2) is 25.0 Å². The van der Waals surface area contributed by atoms with Crippen molar-refractivity contribution in [2.24, 2.45) is 11.6 Å². The van der Waals surface area contributed by atoms with Crippen LogP contribution in [0.15, 0.2) is 55.1 Å². The maximum absolute atomic E-state index is 14.1. The molecule has 0 unspecified atom stereocenters. The number of carboxylic acids is 1. The average molecular weight is 368 g/mol. The number of nitrogens with two attached hydrogens (primary N) is 2. The summed E-state index contributed by atoms with van der Waals surface area (Å²) >= 11 is 0. The first-order valence-corrected chi connectivity index (χ1v) is 7.85. The fourth-order valence-electron chi connectivity index (χ4n) is 2.55. The van der Waals surface area contributed by atoms with E-state index in [2.05, 4.69) is 9.97 Å². The summed E-state index contributed by atoms with van der Waals surface area (Å²) < 4.78 is 15.7. The lowest BCUT2D eigenvalue weighted by Crippen LogP contribution is -2.27. The standard InChI is InChI=1S/C18H17FN6O2/c1-24(21)17(16(20)12-4-2-3-5-13(12)19)14-9-25(10-23-14)15-7-6-11(8-22-15)18(26)27/h2-10H,20-21H2,1H3,(H,26,27)/b17-16-. The molecule has 0 atom stereocenters. The molecule has 0 radical (unpaired) electrons. The Morgan fingerprint density at radius 3 is 2.56 bits per heavy atom. The van der Waals surface area contributed by atoms with Crippen LogP contribution in [0.4, 0.5) is 4.39 Å². The third kappa shape index (κ3) is 3.62. The molecule has 2 heterocycles. The van der Waals surface area contributed by atoms with Gasteiger partial charge in [-0.05, 0) is 24.3 Å². The van der Waals surface area contributed by atoms with E-state index in [4.69, 9.17) is 16.7 Å². The van der Waals surface area contributed by atoms with Crippen molar-refractivity contribution in [2.75, 3.05) is 7.05 Å².